The van der Waals surface area contributed by atoms with E-state index in [1.165, 1.54) is 13.3 Å². The summed E-state index contributed by atoms with van der Waals surface area (Å²) >= 11 is 0. The van der Waals surface area contributed by atoms with Crippen LogP contribution in [0.5, 0.6) is 5.75 Å². The second-order valence-corrected chi connectivity index (χ2v) is 10.4. The summed E-state index contributed by atoms with van der Waals surface area (Å²) < 4.78 is 39.9. The van der Waals surface area contributed by atoms with Crippen molar-refractivity contribution in [3.63, 3.8) is 0 Å². The summed E-state index contributed by atoms with van der Waals surface area (Å²) in [6, 6.07) is 19.1. The number of hydrogen-bond acceptors (Lipinski definition) is 8. The molecule has 0 radical (unpaired) electrons. The van der Waals surface area contributed by atoms with E-state index in [4.69, 9.17) is 14.3 Å². The summed E-state index contributed by atoms with van der Waals surface area (Å²) in [7, 11) is -2.72. The van der Waals surface area contributed by atoms with E-state index in [2.05, 4.69) is 10.1 Å². The molecule has 0 aliphatic carbocycles. The number of pyridine rings is 1. The third-order valence-electron chi connectivity index (χ3n) is 5.94. The van der Waals surface area contributed by atoms with Crippen LogP contribution in [0.1, 0.15) is 18.1 Å². The van der Waals surface area contributed by atoms with Crippen LogP contribution in [0.4, 0.5) is 0 Å². The largest absolute Gasteiger partial charge is 0.492 e. The lowest BCUT2D eigenvalue weighted by molar-refractivity contribution is -0.149. The maximum absolute atomic E-state index is 13.4. The van der Waals surface area contributed by atoms with E-state index in [-0.39, 0.29) is 16.4 Å². The molecular weight excluding hydrogens is 522 g/mol. The van der Waals surface area contributed by atoms with E-state index < -0.39 is 21.9 Å². The van der Waals surface area contributed by atoms with E-state index in [9.17, 15) is 18.3 Å². The minimum absolute atomic E-state index is 0.00201. The molecule has 0 aliphatic heterocycles. The summed E-state index contributed by atoms with van der Waals surface area (Å²) in [5, 5.41) is 12.9. The van der Waals surface area contributed by atoms with Gasteiger partial charge in [0.1, 0.15) is 19.5 Å². The minimum Gasteiger partial charge on any atom is -0.492 e. The van der Waals surface area contributed by atoms with Crippen LogP contribution in [0.25, 0.3) is 11.0 Å². The molecule has 0 fully saturated rings. The van der Waals surface area contributed by atoms with Crippen molar-refractivity contribution in [3.8, 4) is 5.75 Å². The first-order valence-electron chi connectivity index (χ1n) is 12.3. The van der Waals surface area contributed by atoms with E-state index in [1.54, 1.807) is 61.5 Å². The molecule has 39 heavy (non-hydrogen) atoms. The van der Waals surface area contributed by atoms with Gasteiger partial charge in [-0.3, -0.25) is 4.98 Å². The molecule has 2 aromatic heterocycles. The number of oxime groups is 1. The zero-order valence-corrected chi connectivity index (χ0v) is 22.4. The summed E-state index contributed by atoms with van der Waals surface area (Å²) in [5.74, 6) is -0.369. The maximum atomic E-state index is 13.4. The molecular formula is C28H29N3O7S. The fraction of sp³-hybridized carbons (Fsp3) is 0.250. The van der Waals surface area contributed by atoms with Gasteiger partial charge in [-0.05, 0) is 36.8 Å². The summed E-state index contributed by atoms with van der Waals surface area (Å²) in [4.78, 5) is 20.5. The molecule has 0 bridgehead atoms. The molecule has 0 amide bonds. The third-order valence-corrected chi connectivity index (χ3v) is 7.61. The molecule has 2 heterocycles. The molecule has 4 aromatic rings. The highest BCUT2D eigenvalue weighted by atomic mass is 32.2. The zero-order valence-electron chi connectivity index (χ0n) is 21.6. The summed E-state index contributed by atoms with van der Waals surface area (Å²) in [5.41, 5.74) is 2.51. The first-order valence-corrected chi connectivity index (χ1v) is 13.7. The summed E-state index contributed by atoms with van der Waals surface area (Å²) in [6.07, 6.45) is 2.50. The van der Waals surface area contributed by atoms with E-state index in [0.29, 0.717) is 42.1 Å². The van der Waals surface area contributed by atoms with Gasteiger partial charge in [0.2, 0.25) is 14.9 Å². The van der Waals surface area contributed by atoms with Gasteiger partial charge in [-0.15, -0.1) is 0 Å². The smallest absolute Gasteiger partial charge is 0.333 e. The van der Waals surface area contributed by atoms with Crippen molar-refractivity contribution in [2.75, 3.05) is 20.3 Å². The van der Waals surface area contributed by atoms with Crippen LogP contribution in [0.3, 0.4) is 0 Å². The number of fused-ring (bicyclic) bond motifs is 1. The third kappa shape index (κ3) is 6.62. The van der Waals surface area contributed by atoms with Gasteiger partial charge in [-0.2, -0.15) is 0 Å². The van der Waals surface area contributed by atoms with Gasteiger partial charge < -0.3 is 24.0 Å². The van der Waals surface area contributed by atoms with Gasteiger partial charge in [0.25, 0.3) is 0 Å². The van der Waals surface area contributed by atoms with Gasteiger partial charge >= 0.3 is 5.97 Å². The normalized spacial score (nSPS) is 12.8. The highest BCUT2D eigenvalue weighted by Crippen LogP contribution is 2.23. The average molecular weight is 552 g/mol. The van der Waals surface area contributed by atoms with E-state index in [0.717, 1.165) is 5.56 Å². The Balaban J connectivity index is 1.46. The number of rotatable bonds is 12. The second kappa shape index (κ2) is 12.5. The van der Waals surface area contributed by atoms with Crippen LogP contribution >= 0.6 is 0 Å². The Hall–Kier alpha value is -4.22. The number of benzene rings is 2. The van der Waals surface area contributed by atoms with Crippen LogP contribution < -0.4 is 4.74 Å². The van der Waals surface area contributed by atoms with Gasteiger partial charge in [-0.25, -0.2) is 13.2 Å². The van der Waals surface area contributed by atoms with Gasteiger partial charge in [0.15, 0.2) is 6.10 Å². The number of sulfone groups is 1. The molecule has 204 valence electrons. The van der Waals surface area contributed by atoms with Crippen molar-refractivity contribution in [1.29, 1.82) is 0 Å². The first-order chi connectivity index (χ1) is 18.8. The lowest BCUT2D eigenvalue weighted by Crippen LogP contribution is -2.26. The minimum atomic E-state index is -4.02. The number of carbonyl (C=O) groups is 1. The molecule has 0 saturated carbocycles. The Morgan fingerprint density at radius 3 is 2.51 bits per heavy atom. The SMILES string of the molecule is CCOC(Cc1ccc(OCCn2ccc3ncc(S(=O)(=O)/C(=N\OC)c4ccccc4)cc32)cc1)C(=O)O. The molecule has 4 rings (SSSR count). The Labute approximate surface area is 226 Å². The Kier molecular flexibility index (Phi) is 8.95. The molecule has 0 spiro atoms. The van der Waals surface area contributed by atoms with E-state index in [1.807, 2.05) is 22.9 Å². The maximum Gasteiger partial charge on any atom is 0.333 e. The number of nitrogens with zero attached hydrogens (tertiary/aromatic N) is 3. The van der Waals surface area contributed by atoms with Gasteiger partial charge in [-0.1, -0.05) is 47.6 Å². The Morgan fingerprint density at radius 2 is 1.85 bits per heavy atom. The van der Waals surface area contributed by atoms with Gasteiger partial charge in [0.05, 0.1) is 22.5 Å². The first kappa shape index (κ1) is 27.8. The molecule has 1 unspecified atom stereocenters. The topological polar surface area (TPSA) is 129 Å². The number of aromatic nitrogens is 2. The van der Waals surface area contributed by atoms with Crippen LogP contribution in [0.15, 0.2) is 89.2 Å². The number of carboxylic acid groups (broad SMARTS) is 1. The second-order valence-electron chi connectivity index (χ2n) is 8.51. The van der Waals surface area contributed by atoms with Crippen molar-refractivity contribution in [1.82, 2.24) is 9.55 Å². The van der Waals surface area contributed by atoms with Crippen LogP contribution in [-0.2, 0) is 37.2 Å². The summed E-state index contributed by atoms with van der Waals surface area (Å²) in [6.45, 7) is 2.84. The van der Waals surface area contributed by atoms with Crippen molar-refractivity contribution in [2.24, 2.45) is 5.16 Å². The highest BCUT2D eigenvalue weighted by molar-refractivity contribution is 8.07. The monoisotopic (exact) mass is 551 g/mol. The van der Waals surface area contributed by atoms with Crippen molar-refractivity contribution < 1.29 is 32.6 Å². The highest BCUT2D eigenvalue weighted by Gasteiger charge is 2.26. The van der Waals surface area contributed by atoms with Gasteiger partial charge in [0, 0.05) is 31.0 Å². The molecule has 1 atom stereocenters. The average Bonchev–Trinajstić information content (AvgIpc) is 3.35. The number of ether oxygens (including phenoxy) is 2. The number of carboxylic acids is 1. The molecule has 11 heteroatoms. The molecule has 2 aromatic carbocycles. The van der Waals surface area contributed by atoms with Crippen LogP contribution in [0.2, 0.25) is 0 Å². The molecule has 0 aliphatic rings. The number of aliphatic carboxylic acids is 1. The lowest BCUT2D eigenvalue weighted by atomic mass is 10.1. The quantitative estimate of drug-likeness (QED) is 0.159. The van der Waals surface area contributed by atoms with Crippen LogP contribution in [-0.4, -0.2) is 60.5 Å². The molecule has 0 saturated heterocycles. The molecule has 1 N–H and O–H groups in total. The van der Waals surface area contributed by atoms with Crippen molar-refractivity contribution >= 4 is 31.9 Å². The van der Waals surface area contributed by atoms with E-state index >= 15 is 0 Å². The number of hydrogen-bond donors (Lipinski definition) is 1. The predicted molar refractivity (Wildman–Crippen MR) is 146 cm³/mol. The zero-order chi connectivity index (χ0) is 27.8. The fourth-order valence-corrected chi connectivity index (χ4v) is 5.34. The molecule has 10 nitrogen and oxygen atoms in total. The van der Waals surface area contributed by atoms with Crippen molar-refractivity contribution in [2.45, 2.75) is 30.9 Å². The fourth-order valence-electron chi connectivity index (χ4n) is 4.04. The van der Waals surface area contributed by atoms with Crippen LogP contribution in [0, 0.1) is 0 Å². The van der Waals surface area contributed by atoms with Crippen molar-refractivity contribution in [3.05, 3.63) is 90.3 Å². The lowest BCUT2D eigenvalue weighted by Gasteiger charge is -2.13. The Morgan fingerprint density at radius 1 is 1.10 bits per heavy atom. The standard InChI is InChI=1S/C28H29N3O7S/c1-3-37-26(28(32)33)17-20-9-11-22(12-10-20)38-16-15-31-14-13-24-25(31)18-23(19-29-24)39(34,35)27(30-36-2)21-7-5-4-6-8-21/h4-14,18-19,26H,3,15-17H2,1-2H3,(H,32,33)/b30-27-. The Bertz CT molecular complexity index is 1550. The predicted octanol–water partition coefficient (Wildman–Crippen LogP) is 3.93.